The van der Waals surface area contributed by atoms with Gasteiger partial charge in [-0.1, -0.05) is 31.0 Å². The summed E-state index contributed by atoms with van der Waals surface area (Å²) in [6, 6.07) is 15.9. The van der Waals surface area contributed by atoms with E-state index in [1.54, 1.807) is 16.9 Å². The van der Waals surface area contributed by atoms with E-state index in [4.69, 9.17) is 0 Å². The van der Waals surface area contributed by atoms with E-state index in [1.807, 2.05) is 42.6 Å². The molecule has 0 bridgehead atoms. The number of benzene rings is 2. The van der Waals surface area contributed by atoms with Gasteiger partial charge >= 0.3 is 0 Å². The Morgan fingerprint density at radius 1 is 1.08 bits per heavy atom. The van der Waals surface area contributed by atoms with Crippen LogP contribution in [0.4, 0.5) is 10.1 Å². The van der Waals surface area contributed by atoms with Crippen LogP contribution in [0.25, 0.3) is 5.69 Å². The Bertz CT molecular complexity index is 915. The SMILES string of the molecule is O=C(Nc1cccc(-n2cccn2)c1)C1(c2cccc(F)c2)CCCC1. The standard InChI is InChI=1S/C21H20FN3O/c22-17-7-3-6-16(14-17)21(10-1-2-11-21)20(26)24-18-8-4-9-19(15-18)25-13-5-12-23-25/h3-9,12-15H,1-2,10-11H2,(H,24,26). The summed E-state index contributed by atoms with van der Waals surface area (Å²) in [7, 11) is 0. The number of rotatable bonds is 4. The minimum atomic E-state index is -0.663. The highest BCUT2D eigenvalue weighted by Crippen LogP contribution is 2.42. The van der Waals surface area contributed by atoms with Gasteiger partial charge in [0.2, 0.25) is 5.91 Å². The van der Waals surface area contributed by atoms with Crippen molar-refractivity contribution in [2.75, 3.05) is 5.32 Å². The Morgan fingerprint density at radius 2 is 1.88 bits per heavy atom. The van der Waals surface area contributed by atoms with E-state index in [9.17, 15) is 9.18 Å². The normalized spacial score (nSPS) is 15.7. The maximum absolute atomic E-state index is 13.7. The second-order valence-electron chi connectivity index (χ2n) is 6.75. The van der Waals surface area contributed by atoms with Crippen LogP contribution in [0, 0.1) is 5.82 Å². The van der Waals surface area contributed by atoms with E-state index in [1.165, 1.54) is 12.1 Å². The molecule has 1 N–H and O–H groups in total. The van der Waals surface area contributed by atoms with Gasteiger partial charge in [-0.3, -0.25) is 4.79 Å². The largest absolute Gasteiger partial charge is 0.325 e. The summed E-state index contributed by atoms with van der Waals surface area (Å²) in [6.07, 6.45) is 6.98. The van der Waals surface area contributed by atoms with Gasteiger partial charge in [-0.25, -0.2) is 9.07 Å². The van der Waals surface area contributed by atoms with Crippen LogP contribution in [0.5, 0.6) is 0 Å². The molecule has 132 valence electrons. The first-order valence-corrected chi connectivity index (χ1v) is 8.85. The van der Waals surface area contributed by atoms with Gasteiger partial charge in [0.25, 0.3) is 0 Å². The van der Waals surface area contributed by atoms with Gasteiger partial charge in [-0.15, -0.1) is 0 Å². The topological polar surface area (TPSA) is 46.9 Å². The molecule has 1 aliphatic rings. The van der Waals surface area contributed by atoms with Crippen LogP contribution in [0.3, 0.4) is 0 Å². The number of nitrogens with zero attached hydrogens (tertiary/aromatic N) is 2. The van der Waals surface area contributed by atoms with Crippen molar-refractivity contribution in [3.63, 3.8) is 0 Å². The summed E-state index contributed by atoms with van der Waals surface area (Å²) >= 11 is 0. The van der Waals surface area contributed by atoms with Crippen LogP contribution >= 0.6 is 0 Å². The fourth-order valence-electron chi connectivity index (χ4n) is 3.81. The Balaban J connectivity index is 1.63. The molecular formula is C21H20FN3O. The van der Waals surface area contributed by atoms with E-state index in [2.05, 4.69) is 10.4 Å². The van der Waals surface area contributed by atoms with Crippen molar-refractivity contribution in [3.8, 4) is 5.69 Å². The number of anilines is 1. The van der Waals surface area contributed by atoms with Gasteiger partial charge in [0.1, 0.15) is 5.82 Å². The van der Waals surface area contributed by atoms with Gasteiger partial charge in [0.05, 0.1) is 11.1 Å². The first-order chi connectivity index (χ1) is 12.7. The lowest BCUT2D eigenvalue weighted by Crippen LogP contribution is -2.38. The molecule has 1 saturated carbocycles. The lowest BCUT2D eigenvalue weighted by atomic mass is 9.78. The minimum absolute atomic E-state index is 0.0711. The molecule has 5 heteroatoms. The molecule has 0 atom stereocenters. The molecule has 26 heavy (non-hydrogen) atoms. The number of hydrogen-bond donors (Lipinski definition) is 1. The molecule has 4 nitrogen and oxygen atoms in total. The first-order valence-electron chi connectivity index (χ1n) is 8.85. The fourth-order valence-corrected chi connectivity index (χ4v) is 3.81. The molecule has 1 fully saturated rings. The number of halogens is 1. The van der Waals surface area contributed by atoms with Crippen molar-refractivity contribution in [2.24, 2.45) is 0 Å². The second-order valence-corrected chi connectivity index (χ2v) is 6.75. The summed E-state index contributed by atoms with van der Waals surface area (Å²) in [5.74, 6) is -0.375. The molecule has 1 aliphatic carbocycles. The first kappa shape index (κ1) is 16.5. The maximum atomic E-state index is 13.7. The molecule has 4 rings (SSSR count). The van der Waals surface area contributed by atoms with Gasteiger partial charge < -0.3 is 5.32 Å². The second kappa shape index (κ2) is 6.75. The molecule has 2 aromatic carbocycles. The molecule has 0 saturated heterocycles. The molecule has 0 aliphatic heterocycles. The number of amides is 1. The predicted octanol–water partition coefficient (Wildman–Crippen LogP) is 4.46. The lowest BCUT2D eigenvalue weighted by molar-refractivity contribution is -0.121. The van der Waals surface area contributed by atoms with Crippen molar-refractivity contribution in [1.82, 2.24) is 9.78 Å². The molecule has 3 aromatic rings. The molecule has 1 aromatic heterocycles. The summed E-state index contributed by atoms with van der Waals surface area (Å²) in [4.78, 5) is 13.2. The summed E-state index contributed by atoms with van der Waals surface area (Å²) in [5, 5.41) is 7.26. The predicted molar refractivity (Wildman–Crippen MR) is 98.7 cm³/mol. The smallest absolute Gasteiger partial charge is 0.235 e. The number of aromatic nitrogens is 2. The number of carbonyl (C=O) groups is 1. The average Bonchev–Trinajstić information content (AvgIpc) is 3.35. The van der Waals surface area contributed by atoms with E-state index in [-0.39, 0.29) is 11.7 Å². The third-order valence-corrected chi connectivity index (χ3v) is 5.14. The summed E-state index contributed by atoms with van der Waals surface area (Å²) in [5.41, 5.74) is 1.68. The zero-order chi connectivity index (χ0) is 18.0. The summed E-state index contributed by atoms with van der Waals surface area (Å²) in [6.45, 7) is 0. The van der Waals surface area contributed by atoms with E-state index >= 15 is 0 Å². The Hall–Kier alpha value is -2.95. The quantitative estimate of drug-likeness (QED) is 0.756. The van der Waals surface area contributed by atoms with E-state index < -0.39 is 5.41 Å². The highest BCUT2D eigenvalue weighted by molar-refractivity contribution is 5.99. The number of hydrogen-bond acceptors (Lipinski definition) is 2. The molecule has 0 unspecified atom stereocenters. The van der Waals surface area contributed by atoms with Crippen LogP contribution in [0.2, 0.25) is 0 Å². The highest BCUT2D eigenvalue weighted by atomic mass is 19.1. The van der Waals surface area contributed by atoms with Crippen molar-refractivity contribution in [1.29, 1.82) is 0 Å². The van der Waals surface area contributed by atoms with Gasteiger partial charge in [0, 0.05) is 18.1 Å². The third kappa shape index (κ3) is 3.01. The van der Waals surface area contributed by atoms with Crippen LogP contribution in [-0.2, 0) is 10.2 Å². The monoisotopic (exact) mass is 349 g/mol. The zero-order valence-corrected chi connectivity index (χ0v) is 14.4. The number of nitrogens with one attached hydrogen (secondary N) is 1. The van der Waals surface area contributed by atoms with E-state index in [0.717, 1.165) is 36.9 Å². The number of carbonyl (C=O) groups excluding carboxylic acids is 1. The molecule has 0 radical (unpaired) electrons. The molecular weight excluding hydrogens is 329 g/mol. The van der Waals surface area contributed by atoms with Gasteiger partial charge in [-0.05, 0) is 54.8 Å². The van der Waals surface area contributed by atoms with Crippen molar-refractivity contribution >= 4 is 11.6 Å². The zero-order valence-electron chi connectivity index (χ0n) is 14.4. The highest BCUT2D eigenvalue weighted by Gasteiger charge is 2.42. The van der Waals surface area contributed by atoms with Crippen LogP contribution in [0.1, 0.15) is 31.2 Å². The van der Waals surface area contributed by atoms with Crippen molar-refractivity contribution < 1.29 is 9.18 Å². The molecule has 1 heterocycles. The van der Waals surface area contributed by atoms with Crippen LogP contribution < -0.4 is 5.32 Å². The maximum Gasteiger partial charge on any atom is 0.235 e. The van der Waals surface area contributed by atoms with Gasteiger partial charge in [0.15, 0.2) is 0 Å². The Morgan fingerprint density at radius 3 is 2.62 bits per heavy atom. The van der Waals surface area contributed by atoms with Crippen LogP contribution in [0.15, 0.2) is 67.0 Å². The van der Waals surface area contributed by atoms with E-state index in [0.29, 0.717) is 5.69 Å². The lowest BCUT2D eigenvalue weighted by Gasteiger charge is -2.28. The fraction of sp³-hybridized carbons (Fsp3) is 0.238. The minimum Gasteiger partial charge on any atom is -0.325 e. The van der Waals surface area contributed by atoms with Crippen LogP contribution in [-0.4, -0.2) is 15.7 Å². The Kier molecular flexibility index (Phi) is 4.29. The average molecular weight is 349 g/mol. The molecule has 1 amide bonds. The third-order valence-electron chi connectivity index (χ3n) is 5.14. The van der Waals surface area contributed by atoms with Crippen molar-refractivity contribution in [3.05, 3.63) is 78.4 Å². The van der Waals surface area contributed by atoms with Crippen molar-refractivity contribution in [2.45, 2.75) is 31.1 Å². The van der Waals surface area contributed by atoms with Gasteiger partial charge in [-0.2, -0.15) is 5.10 Å². The summed E-state index contributed by atoms with van der Waals surface area (Å²) < 4.78 is 15.5. The Labute approximate surface area is 151 Å². The molecule has 0 spiro atoms.